The van der Waals surface area contributed by atoms with Crippen LogP contribution in [0.25, 0.3) is 0 Å². The molecule has 0 unspecified atom stereocenters. The van der Waals surface area contributed by atoms with Crippen molar-refractivity contribution in [2.75, 3.05) is 0 Å². The lowest BCUT2D eigenvalue weighted by atomic mass is 10.2. The van der Waals surface area contributed by atoms with Crippen molar-refractivity contribution < 1.29 is 9.53 Å². The van der Waals surface area contributed by atoms with E-state index in [2.05, 4.69) is 6.92 Å². The Morgan fingerprint density at radius 2 is 2.00 bits per heavy atom. The first-order chi connectivity index (χ1) is 7.22. The molecule has 0 amide bonds. The van der Waals surface area contributed by atoms with Crippen LogP contribution >= 0.6 is 0 Å². The summed E-state index contributed by atoms with van der Waals surface area (Å²) in [6.07, 6.45) is 3.53. The minimum absolute atomic E-state index is 0.299. The second kappa shape index (κ2) is 6.02. The molecule has 0 aliphatic carbocycles. The molecule has 0 bridgehead atoms. The molecule has 0 aromatic heterocycles. The Labute approximate surface area is 90.6 Å². The molecule has 80 valence electrons. The summed E-state index contributed by atoms with van der Waals surface area (Å²) in [5, 5.41) is 0. The predicted molar refractivity (Wildman–Crippen MR) is 60.7 cm³/mol. The third-order valence-corrected chi connectivity index (χ3v) is 1.97. The van der Waals surface area contributed by atoms with Gasteiger partial charge >= 0.3 is 5.97 Å². The van der Waals surface area contributed by atoms with Gasteiger partial charge in [-0.2, -0.15) is 0 Å². The van der Waals surface area contributed by atoms with E-state index in [1.54, 1.807) is 18.2 Å². The van der Waals surface area contributed by atoms with Gasteiger partial charge < -0.3 is 4.74 Å². The smallest absolute Gasteiger partial charge is 0.336 e. The van der Waals surface area contributed by atoms with Crippen LogP contribution in [0.5, 0.6) is 5.75 Å². The molecule has 0 saturated heterocycles. The van der Waals surface area contributed by atoms with E-state index in [9.17, 15) is 4.79 Å². The summed E-state index contributed by atoms with van der Waals surface area (Å²) in [6.45, 7) is 4.02. The Bertz CT molecular complexity index is 339. The standard InChI is InChI=1S/C13H16O2/c1-3-7-11(2)10-13(14)15-12-8-5-4-6-9-12/h4-6,8-10H,3,7H2,1-2H3. The van der Waals surface area contributed by atoms with E-state index in [1.165, 1.54) is 0 Å². The second-order valence-electron chi connectivity index (χ2n) is 3.47. The number of rotatable bonds is 4. The molecule has 0 N–H and O–H groups in total. The Morgan fingerprint density at radius 3 is 2.60 bits per heavy atom. The molecule has 0 aliphatic rings. The summed E-state index contributed by atoms with van der Waals surface area (Å²) >= 11 is 0. The Kier molecular flexibility index (Phi) is 4.61. The third kappa shape index (κ3) is 4.45. The first kappa shape index (κ1) is 11.5. The van der Waals surface area contributed by atoms with E-state index in [4.69, 9.17) is 4.74 Å². The van der Waals surface area contributed by atoms with Gasteiger partial charge in [-0.05, 0) is 25.5 Å². The van der Waals surface area contributed by atoms with Gasteiger partial charge in [0.05, 0.1) is 0 Å². The van der Waals surface area contributed by atoms with Crippen LogP contribution in [0.2, 0.25) is 0 Å². The van der Waals surface area contributed by atoms with Gasteiger partial charge in [0.1, 0.15) is 5.75 Å². The fraction of sp³-hybridized carbons (Fsp3) is 0.308. The van der Waals surface area contributed by atoms with E-state index in [0.29, 0.717) is 5.75 Å². The first-order valence-corrected chi connectivity index (χ1v) is 5.16. The number of carbonyl (C=O) groups is 1. The summed E-state index contributed by atoms with van der Waals surface area (Å²) in [5.41, 5.74) is 1.05. The van der Waals surface area contributed by atoms with Crippen molar-refractivity contribution in [3.05, 3.63) is 42.0 Å². The Hall–Kier alpha value is -1.57. The number of ether oxygens (including phenoxy) is 1. The highest BCUT2D eigenvalue weighted by Crippen LogP contribution is 2.10. The monoisotopic (exact) mass is 204 g/mol. The molecular weight excluding hydrogens is 188 g/mol. The molecule has 0 spiro atoms. The van der Waals surface area contributed by atoms with Crippen molar-refractivity contribution >= 4 is 5.97 Å². The van der Waals surface area contributed by atoms with Crippen LogP contribution in [0.4, 0.5) is 0 Å². The largest absolute Gasteiger partial charge is 0.423 e. The number of allylic oxidation sites excluding steroid dienone is 1. The van der Waals surface area contributed by atoms with Crippen LogP contribution in [-0.4, -0.2) is 5.97 Å². The van der Waals surface area contributed by atoms with Gasteiger partial charge in [-0.1, -0.05) is 37.1 Å². The van der Waals surface area contributed by atoms with Gasteiger partial charge in [0.2, 0.25) is 0 Å². The minimum Gasteiger partial charge on any atom is -0.423 e. The van der Waals surface area contributed by atoms with E-state index in [1.807, 2.05) is 25.1 Å². The molecule has 0 radical (unpaired) electrons. The van der Waals surface area contributed by atoms with Crippen molar-refractivity contribution in [3.63, 3.8) is 0 Å². The second-order valence-corrected chi connectivity index (χ2v) is 3.47. The maximum atomic E-state index is 11.4. The average Bonchev–Trinajstić information content (AvgIpc) is 2.19. The summed E-state index contributed by atoms with van der Waals surface area (Å²) in [4.78, 5) is 11.4. The molecule has 1 aromatic carbocycles. The number of esters is 1. The molecule has 0 fully saturated rings. The fourth-order valence-corrected chi connectivity index (χ4v) is 1.30. The zero-order valence-electron chi connectivity index (χ0n) is 9.19. The van der Waals surface area contributed by atoms with Crippen LogP contribution in [0.3, 0.4) is 0 Å². The zero-order chi connectivity index (χ0) is 11.1. The molecule has 15 heavy (non-hydrogen) atoms. The molecule has 2 heteroatoms. The van der Waals surface area contributed by atoms with Crippen molar-refractivity contribution in [2.24, 2.45) is 0 Å². The lowest BCUT2D eigenvalue weighted by Crippen LogP contribution is -2.04. The summed E-state index contributed by atoms with van der Waals surface area (Å²) in [6, 6.07) is 9.09. The van der Waals surface area contributed by atoms with E-state index in [-0.39, 0.29) is 5.97 Å². The van der Waals surface area contributed by atoms with Crippen LogP contribution in [0.1, 0.15) is 26.7 Å². The van der Waals surface area contributed by atoms with Gasteiger partial charge in [0, 0.05) is 6.08 Å². The van der Waals surface area contributed by atoms with Crippen molar-refractivity contribution in [2.45, 2.75) is 26.7 Å². The molecule has 2 nitrogen and oxygen atoms in total. The van der Waals surface area contributed by atoms with Crippen LogP contribution in [0.15, 0.2) is 42.0 Å². The van der Waals surface area contributed by atoms with Gasteiger partial charge in [-0.3, -0.25) is 0 Å². The number of para-hydroxylation sites is 1. The number of benzene rings is 1. The SMILES string of the molecule is CCCC(C)=CC(=O)Oc1ccccc1. The molecule has 1 rings (SSSR count). The minimum atomic E-state index is -0.299. The van der Waals surface area contributed by atoms with E-state index < -0.39 is 0 Å². The number of hydrogen-bond donors (Lipinski definition) is 0. The highest BCUT2D eigenvalue weighted by atomic mass is 16.5. The third-order valence-electron chi connectivity index (χ3n) is 1.97. The Balaban J connectivity index is 2.53. The highest BCUT2D eigenvalue weighted by molar-refractivity contribution is 5.84. The fourth-order valence-electron chi connectivity index (χ4n) is 1.30. The number of carbonyl (C=O) groups excluding carboxylic acids is 1. The van der Waals surface area contributed by atoms with Crippen LogP contribution in [-0.2, 0) is 4.79 Å². The zero-order valence-corrected chi connectivity index (χ0v) is 9.19. The lowest BCUT2D eigenvalue weighted by Gasteiger charge is -2.01. The summed E-state index contributed by atoms with van der Waals surface area (Å²) in [7, 11) is 0. The van der Waals surface area contributed by atoms with Crippen molar-refractivity contribution in [1.82, 2.24) is 0 Å². The van der Waals surface area contributed by atoms with Crippen LogP contribution < -0.4 is 4.74 Å². The van der Waals surface area contributed by atoms with Gasteiger partial charge in [0.25, 0.3) is 0 Å². The molecule has 0 atom stereocenters. The average molecular weight is 204 g/mol. The highest BCUT2D eigenvalue weighted by Gasteiger charge is 2.00. The maximum Gasteiger partial charge on any atom is 0.336 e. The van der Waals surface area contributed by atoms with Crippen LogP contribution in [0, 0.1) is 0 Å². The van der Waals surface area contributed by atoms with Gasteiger partial charge in [-0.15, -0.1) is 0 Å². The normalized spacial score (nSPS) is 11.2. The molecular formula is C13H16O2. The molecule has 0 aliphatic heterocycles. The predicted octanol–water partition coefficient (Wildman–Crippen LogP) is 3.34. The first-order valence-electron chi connectivity index (χ1n) is 5.16. The van der Waals surface area contributed by atoms with Crippen molar-refractivity contribution in [3.8, 4) is 5.75 Å². The van der Waals surface area contributed by atoms with E-state index >= 15 is 0 Å². The molecule has 0 heterocycles. The lowest BCUT2D eigenvalue weighted by molar-refractivity contribution is -0.129. The number of hydrogen-bond acceptors (Lipinski definition) is 2. The maximum absolute atomic E-state index is 11.4. The van der Waals surface area contributed by atoms with Crippen molar-refractivity contribution in [1.29, 1.82) is 0 Å². The summed E-state index contributed by atoms with van der Waals surface area (Å²) in [5.74, 6) is 0.287. The van der Waals surface area contributed by atoms with E-state index in [0.717, 1.165) is 18.4 Å². The van der Waals surface area contributed by atoms with Gasteiger partial charge in [-0.25, -0.2) is 4.79 Å². The molecule has 0 saturated carbocycles. The molecule has 1 aromatic rings. The van der Waals surface area contributed by atoms with Gasteiger partial charge in [0.15, 0.2) is 0 Å². The summed E-state index contributed by atoms with van der Waals surface area (Å²) < 4.78 is 5.12. The topological polar surface area (TPSA) is 26.3 Å². The quantitative estimate of drug-likeness (QED) is 0.427. The Morgan fingerprint density at radius 1 is 1.33 bits per heavy atom.